The van der Waals surface area contributed by atoms with Gasteiger partial charge in [-0.2, -0.15) is 0 Å². The largest absolute Gasteiger partial charge is 0.486 e. The van der Waals surface area contributed by atoms with Crippen LogP contribution < -0.4 is 14.2 Å². The molecule has 0 unspecified atom stereocenters. The number of halogens is 1. The fraction of sp³-hybridized carbons (Fsp3) is 0.0909. The molecule has 140 valence electrons. The predicted octanol–water partition coefficient (Wildman–Crippen LogP) is 5.19. The number of fused-ring (bicyclic) bond motifs is 1. The first-order valence-corrected chi connectivity index (χ1v) is 9.48. The van der Waals surface area contributed by atoms with E-state index in [2.05, 4.69) is 20.9 Å². The zero-order valence-electron chi connectivity index (χ0n) is 14.8. The van der Waals surface area contributed by atoms with E-state index in [1.165, 1.54) is 0 Å². The summed E-state index contributed by atoms with van der Waals surface area (Å²) in [5.41, 5.74) is 2.15. The summed E-state index contributed by atoms with van der Waals surface area (Å²) in [6.45, 7) is 1.11. The quantitative estimate of drug-likeness (QED) is 0.320. The standard InChI is InChI=1S/C22H16BrNO4/c23-17-5-3-16(4-6-17)22(25)28-19-8-1-15(2-9-19)14-24-18-7-10-20-21(13-18)27-12-11-26-20/h1-10,13-14H,11-12H2. The maximum atomic E-state index is 12.2. The van der Waals surface area contributed by atoms with Crippen LogP contribution in [0.1, 0.15) is 15.9 Å². The van der Waals surface area contributed by atoms with Crippen molar-refractivity contribution < 1.29 is 19.0 Å². The van der Waals surface area contributed by atoms with Gasteiger partial charge in [0.25, 0.3) is 0 Å². The lowest BCUT2D eigenvalue weighted by Gasteiger charge is -2.18. The van der Waals surface area contributed by atoms with Gasteiger partial charge in [0.15, 0.2) is 11.5 Å². The average molecular weight is 438 g/mol. The first-order valence-electron chi connectivity index (χ1n) is 8.69. The molecule has 3 aromatic rings. The van der Waals surface area contributed by atoms with Crippen LogP contribution in [-0.4, -0.2) is 25.4 Å². The molecule has 0 aliphatic carbocycles. The second-order valence-corrected chi connectivity index (χ2v) is 6.97. The molecule has 5 nitrogen and oxygen atoms in total. The molecule has 0 spiro atoms. The van der Waals surface area contributed by atoms with Crippen LogP contribution in [0.15, 0.2) is 76.2 Å². The van der Waals surface area contributed by atoms with Crippen molar-refractivity contribution in [2.24, 2.45) is 4.99 Å². The van der Waals surface area contributed by atoms with Gasteiger partial charge in [0.05, 0.1) is 11.3 Å². The van der Waals surface area contributed by atoms with Crippen molar-refractivity contribution in [2.75, 3.05) is 13.2 Å². The third-order valence-corrected chi connectivity index (χ3v) is 4.59. The van der Waals surface area contributed by atoms with Gasteiger partial charge in [-0.05, 0) is 66.2 Å². The molecular formula is C22H16BrNO4. The molecule has 1 aliphatic heterocycles. The Morgan fingerprint density at radius 1 is 0.929 bits per heavy atom. The number of nitrogens with zero attached hydrogens (tertiary/aromatic N) is 1. The summed E-state index contributed by atoms with van der Waals surface area (Å²) in [6, 6.07) is 19.7. The molecule has 0 fully saturated rings. The smallest absolute Gasteiger partial charge is 0.343 e. The zero-order chi connectivity index (χ0) is 19.3. The molecule has 0 amide bonds. The zero-order valence-corrected chi connectivity index (χ0v) is 16.4. The van der Waals surface area contributed by atoms with Crippen LogP contribution in [0.3, 0.4) is 0 Å². The minimum absolute atomic E-state index is 0.398. The van der Waals surface area contributed by atoms with E-state index < -0.39 is 5.97 Å². The molecule has 0 saturated heterocycles. The maximum Gasteiger partial charge on any atom is 0.343 e. The Labute approximate surface area is 170 Å². The predicted molar refractivity (Wildman–Crippen MR) is 110 cm³/mol. The molecule has 1 aliphatic rings. The average Bonchev–Trinajstić information content (AvgIpc) is 2.73. The molecule has 1 heterocycles. The van der Waals surface area contributed by atoms with E-state index >= 15 is 0 Å². The Hall–Kier alpha value is -3.12. The molecule has 0 aromatic heterocycles. The van der Waals surface area contributed by atoms with Crippen LogP contribution in [-0.2, 0) is 0 Å². The van der Waals surface area contributed by atoms with Crippen molar-refractivity contribution in [3.63, 3.8) is 0 Å². The lowest BCUT2D eigenvalue weighted by molar-refractivity contribution is 0.0734. The molecule has 0 N–H and O–H groups in total. The van der Waals surface area contributed by atoms with E-state index in [9.17, 15) is 4.79 Å². The molecule has 4 rings (SSSR count). The number of ether oxygens (including phenoxy) is 3. The summed E-state index contributed by atoms with van der Waals surface area (Å²) >= 11 is 3.34. The number of carbonyl (C=O) groups excluding carboxylic acids is 1. The summed E-state index contributed by atoms with van der Waals surface area (Å²) < 4.78 is 17.4. The summed E-state index contributed by atoms with van der Waals surface area (Å²) in [6.07, 6.45) is 1.74. The number of rotatable bonds is 4. The minimum Gasteiger partial charge on any atom is -0.486 e. The van der Waals surface area contributed by atoms with Gasteiger partial charge in [0.2, 0.25) is 0 Å². The van der Waals surface area contributed by atoms with Gasteiger partial charge in [-0.15, -0.1) is 0 Å². The van der Waals surface area contributed by atoms with Gasteiger partial charge in [-0.25, -0.2) is 4.79 Å². The highest BCUT2D eigenvalue weighted by Gasteiger charge is 2.11. The molecular weight excluding hydrogens is 422 g/mol. The summed E-state index contributed by atoms with van der Waals surface area (Å²) in [7, 11) is 0. The van der Waals surface area contributed by atoms with Crippen LogP contribution in [0.4, 0.5) is 5.69 Å². The van der Waals surface area contributed by atoms with E-state index in [-0.39, 0.29) is 0 Å². The van der Waals surface area contributed by atoms with Crippen LogP contribution in [0, 0.1) is 0 Å². The maximum absolute atomic E-state index is 12.2. The SMILES string of the molecule is O=C(Oc1ccc(C=Nc2ccc3c(c2)OCCO3)cc1)c1ccc(Br)cc1. The highest BCUT2D eigenvalue weighted by molar-refractivity contribution is 9.10. The number of benzene rings is 3. The monoisotopic (exact) mass is 437 g/mol. The van der Waals surface area contributed by atoms with Gasteiger partial charge in [-0.1, -0.05) is 15.9 Å². The van der Waals surface area contributed by atoms with Gasteiger partial charge >= 0.3 is 5.97 Å². The second kappa shape index (κ2) is 8.27. The Balaban J connectivity index is 1.41. The van der Waals surface area contributed by atoms with Gasteiger partial charge in [0.1, 0.15) is 19.0 Å². The molecule has 28 heavy (non-hydrogen) atoms. The molecule has 0 bridgehead atoms. The highest BCUT2D eigenvalue weighted by Crippen LogP contribution is 2.33. The molecule has 0 saturated carbocycles. The number of esters is 1. The van der Waals surface area contributed by atoms with Gasteiger partial charge in [0, 0.05) is 16.8 Å². The van der Waals surface area contributed by atoms with Crippen molar-refractivity contribution in [3.8, 4) is 17.2 Å². The van der Waals surface area contributed by atoms with Gasteiger partial charge < -0.3 is 14.2 Å². The summed E-state index contributed by atoms with van der Waals surface area (Å²) in [4.78, 5) is 16.6. The number of carbonyl (C=O) groups is 1. The lowest BCUT2D eigenvalue weighted by Crippen LogP contribution is -2.14. The minimum atomic E-state index is -0.398. The fourth-order valence-corrected chi connectivity index (χ4v) is 2.90. The van der Waals surface area contributed by atoms with Crippen molar-refractivity contribution in [3.05, 3.63) is 82.3 Å². The number of aliphatic imine (C=N–C) groups is 1. The van der Waals surface area contributed by atoms with Crippen molar-refractivity contribution >= 4 is 33.8 Å². The van der Waals surface area contributed by atoms with Crippen LogP contribution in [0.2, 0.25) is 0 Å². The van der Waals surface area contributed by atoms with E-state index in [1.54, 1.807) is 42.6 Å². The number of hydrogen-bond acceptors (Lipinski definition) is 5. The van der Waals surface area contributed by atoms with Crippen molar-refractivity contribution in [1.82, 2.24) is 0 Å². The van der Waals surface area contributed by atoms with Crippen LogP contribution in [0.5, 0.6) is 17.2 Å². The van der Waals surface area contributed by atoms with E-state index in [1.807, 2.05) is 30.3 Å². The summed E-state index contributed by atoms with van der Waals surface area (Å²) in [5, 5.41) is 0. The third-order valence-electron chi connectivity index (χ3n) is 4.06. The van der Waals surface area contributed by atoms with E-state index in [0.717, 1.165) is 21.5 Å². The number of hydrogen-bond donors (Lipinski definition) is 0. The van der Waals surface area contributed by atoms with Crippen LogP contribution >= 0.6 is 15.9 Å². The van der Waals surface area contributed by atoms with Crippen molar-refractivity contribution in [2.45, 2.75) is 0 Å². The first-order chi connectivity index (χ1) is 13.7. The Morgan fingerprint density at radius 2 is 1.64 bits per heavy atom. The molecule has 6 heteroatoms. The molecule has 0 atom stereocenters. The fourth-order valence-electron chi connectivity index (χ4n) is 2.64. The Morgan fingerprint density at radius 3 is 2.39 bits per heavy atom. The van der Waals surface area contributed by atoms with Crippen molar-refractivity contribution in [1.29, 1.82) is 0 Å². The van der Waals surface area contributed by atoms with Crippen LogP contribution in [0.25, 0.3) is 0 Å². The highest BCUT2D eigenvalue weighted by atomic mass is 79.9. The Bertz CT molecular complexity index is 1010. The topological polar surface area (TPSA) is 57.1 Å². The lowest BCUT2D eigenvalue weighted by atomic mass is 10.2. The first kappa shape index (κ1) is 18.3. The third kappa shape index (κ3) is 4.40. The van der Waals surface area contributed by atoms with E-state index in [0.29, 0.717) is 30.3 Å². The molecule has 3 aromatic carbocycles. The normalized spacial score (nSPS) is 12.8. The summed E-state index contributed by atoms with van der Waals surface area (Å²) in [5.74, 6) is 1.52. The Kier molecular flexibility index (Phi) is 5.39. The van der Waals surface area contributed by atoms with E-state index in [4.69, 9.17) is 14.2 Å². The molecule has 0 radical (unpaired) electrons. The second-order valence-electron chi connectivity index (χ2n) is 6.05. The van der Waals surface area contributed by atoms with Gasteiger partial charge in [-0.3, -0.25) is 4.99 Å².